The van der Waals surface area contributed by atoms with Gasteiger partial charge in [-0.15, -0.1) is 0 Å². The Bertz CT molecular complexity index is 2310. The molecule has 2 heterocycles. The van der Waals surface area contributed by atoms with Crippen LogP contribution >= 0.6 is 0 Å². The summed E-state index contributed by atoms with van der Waals surface area (Å²) in [7, 11) is 0. The van der Waals surface area contributed by atoms with Crippen LogP contribution in [-0.2, 0) is 0 Å². The quantitative estimate of drug-likeness (QED) is 0.137. The van der Waals surface area contributed by atoms with Crippen molar-refractivity contribution in [2.24, 2.45) is 0 Å². The second-order valence-electron chi connectivity index (χ2n) is 12.3. The zero-order chi connectivity index (χ0) is 32.2. The third-order valence-electron chi connectivity index (χ3n) is 9.49. The van der Waals surface area contributed by atoms with E-state index in [1.165, 1.54) is 54.2 Å². The lowest BCUT2D eigenvalue weighted by Crippen LogP contribution is -2.13. The summed E-state index contributed by atoms with van der Waals surface area (Å²) < 4.78 is 0. The molecule has 9 rings (SSSR count). The van der Waals surface area contributed by atoms with Gasteiger partial charge in [0.1, 0.15) is 11.6 Å². The Morgan fingerprint density at radius 3 is 1.17 bits per heavy atom. The maximum absolute atomic E-state index is 4.85. The Balaban J connectivity index is 1.45. The van der Waals surface area contributed by atoms with Gasteiger partial charge in [0.25, 0.3) is 0 Å². The number of rotatable bonds is 6. The molecule has 228 valence electrons. The lowest BCUT2D eigenvalue weighted by atomic mass is 9.84. The number of benzene rings is 7. The molecule has 48 heavy (non-hydrogen) atoms. The monoisotopic (exact) mass is 616 g/mol. The number of fused-ring (bicyclic) bond motifs is 3. The van der Waals surface area contributed by atoms with Crippen molar-refractivity contribution in [2.75, 3.05) is 9.80 Å². The molecule has 2 aromatic heterocycles. The zero-order valence-corrected chi connectivity index (χ0v) is 26.8. The Hall–Kier alpha value is -6.26. The first-order valence-corrected chi connectivity index (χ1v) is 16.3. The van der Waals surface area contributed by atoms with Crippen LogP contribution in [0.1, 0.15) is 11.1 Å². The predicted molar refractivity (Wildman–Crippen MR) is 202 cm³/mol. The summed E-state index contributed by atoms with van der Waals surface area (Å²) >= 11 is 0. The molecule has 0 N–H and O–H groups in total. The summed E-state index contributed by atoms with van der Waals surface area (Å²) in [5.41, 5.74) is 6.81. The molecule has 9 aromatic rings. The van der Waals surface area contributed by atoms with E-state index in [-0.39, 0.29) is 0 Å². The fourth-order valence-corrected chi connectivity index (χ4v) is 7.55. The van der Waals surface area contributed by atoms with Gasteiger partial charge >= 0.3 is 0 Å². The van der Waals surface area contributed by atoms with Gasteiger partial charge < -0.3 is 0 Å². The molecule has 0 bridgehead atoms. The number of hydrogen-bond donors (Lipinski definition) is 0. The van der Waals surface area contributed by atoms with Crippen LogP contribution < -0.4 is 9.80 Å². The summed E-state index contributed by atoms with van der Waals surface area (Å²) in [5, 5.41) is 10.0. The topological polar surface area (TPSA) is 32.3 Å². The number of pyridine rings is 2. The molecule has 7 aromatic carbocycles. The molecular weight excluding hydrogens is 585 g/mol. The zero-order valence-electron chi connectivity index (χ0n) is 26.8. The standard InChI is InChI=1S/C44H32N4/c1-29-27-37(47(31-15-5-3-6-16-31)39-21-11-13-25-45-39)35-23-24-36-38(48(32-17-7-4-8-18-32)40-22-12-14-26-46-40)28-30(2)42-34-20-10-9-19-33(34)41(29)43(35)44(36)42/h3-28H,1-2H3. The maximum Gasteiger partial charge on any atom is 0.137 e. The maximum atomic E-state index is 4.85. The van der Waals surface area contributed by atoms with Crippen LogP contribution in [0.2, 0.25) is 0 Å². The molecule has 0 saturated heterocycles. The van der Waals surface area contributed by atoms with E-state index < -0.39 is 0 Å². The summed E-state index contributed by atoms with van der Waals surface area (Å²) in [6.45, 7) is 4.50. The molecule has 0 spiro atoms. The fourth-order valence-electron chi connectivity index (χ4n) is 7.55. The van der Waals surface area contributed by atoms with Crippen molar-refractivity contribution in [3.05, 3.63) is 169 Å². The Morgan fingerprint density at radius 1 is 0.375 bits per heavy atom. The van der Waals surface area contributed by atoms with Crippen LogP contribution in [0.3, 0.4) is 0 Å². The van der Waals surface area contributed by atoms with Crippen LogP contribution in [0.25, 0.3) is 43.1 Å². The summed E-state index contributed by atoms with van der Waals surface area (Å²) in [4.78, 5) is 14.3. The van der Waals surface area contributed by atoms with Crippen molar-refractivity contribution < 1.29 is 0 Å². The molecule has 0 saturated carbocycles. The highest BCUT2D eigenvalue weighted by Gasteiger charge is 2.25. The van der Waals surface area contributed by atoms with E-state index in [0.717, 1.165) is 34.4 Å². The minimum atomic E-state index is 0.880. The molecular formula is C44H32N4. The minimum Gasteiger partial charge on any atom is -0.294 e. The summed E-state index contributed by atoms with van der Waals surface area (Å²) in [6.07, 6.45) is 3.74. The SMILES string of the molecule is Cc1cc(N(c2ccccc2)c2ccccn2)c2ccc3c(N(c4ccccc4)c4ccccn4)cc(C)c4c5ccccc5c1c2c34. The van der Waals surface area contributed by atoms with Gasteiger partial charge in [-0.2, -0.15) is 0 Å². The van der Waals surface area contributed by atoms with E-state index in [2.05, 4.69) is 157 Å². The number of hydrogen-bond acceptors (Lipinski definition) is 4. The first-order valence-electron chi connectivity index (χ1n) is 16.3. The number of anilines is 6. The molecule has 0 unspecified atom stereocenters. The normalized spacial score (nSPS) is 11.5. The first-order chi connectivity index (χ1) is 23.7. The van der Waals surface area contributed by atoms with Crippen LogP contribution in [0.5, 0.6) is 0 Å². The number of aryl methyl sites for hydroxylation is 2. The second kappa shape index (κ2) is 11.2. The van der Waals surface area contributed by atoms with Crippen LogP contribution in [0.4, 0.5) is 34.4 Å². The van der Waals surface area contributed by atoms with Crippen molar-refractivity contribution in [1.82, 2.24) is 9.97 Å². The number of para-hydroxylation sites is 2. The Morgan fingerprint density at radius 2 is 0.771 bits per heavy atom. The molecule has 4 nitrogen and oxygen atoms in total. The van der Waals surface area contributed by atoms with Gasteiger partial charge in [-0.1, -0.05) is 84.9 Å². The smallest absolute Gasteiger partial charge is 0.137 e. The van der Waals surface area contributed by atoms with Gasteiger partial charge in [-0.05, 0) is 107 Å². The first kappa shape index (κ1) is 28.0. The highest BCUT2D eigenvalue weighted by Crippen LogP contribution is 2.51. The average molecular weight is 617 g/mol. The number of nitrogens with zero attached hydrogens (tertiary/aromatic N) is 4. The van der Waals surface area contributed by atoms with E-state index in [0.29, 0.717) is 0 Å². The third-order valence-corrected chi connectivity index (χ3v) is 9.49. The van der Waals surface area contributed by atoms with Crippen molar-refractivity contribution in [3.63, 3.8) is 0 Å². The molecule has 0 aliphatic carbocycles. The third kappa shape index (κ3) is 4.30. The van der Waals surface area contributed by atoms with E-state index in [1.54, 1.807) is 0 Å². The largest absolute Gasteiger partial charge is 0.294 e. The number of aromatic nitrogens is 2. The second-order valence-corrected chi connectivity index (χ2v) is 12.3. The van der Waals surface area contributed by atoms with Crippen LogP contribution in [0.15, 0.2) is 158 Å². The Kier molecular flexibility index (Phi) is 6.54. The van der Waals surface area contributed by atoms with Gasteiger partial charge in [-0.3, -0.25) is 9.80 Å². The highest BCUT2D eigenvalue weighted by molar-refractivity contribution is 6.37. The van der Waals surface area contributed by atoms with Crippen molar-refractivity contribution in [3.8, 4) is 0 Å². The lowest BCUT2D eigenvalue weighted by Gasteiger charge is -2.30. The van der Waals surface area contributed by atoms with Gasteiger partial charge in [0.2, 0.25) is 0 Å². The average Bonchev–Trinajstić information content (AvgIpc) is 3.14. The molecule has 0 aliphatic rings. The van der Waals surface area contributed by atoms with Crippen molar-refractivity contribution in [1.29, 1.82) is 0 Å². The van der Waals surface area contributed by atoms with Crippen LogP contribution in [0, 0.1) is 13.8 Å². The van der Waals surface area contributed by atoms with Crippen molar-refractivity contribution >= 4 is 77.5 Å². The predicted octanol–water partition coefficient (Wildman–Crippen LogP) is 12.1. The van der Waals surface area contributed by atoms with Gasteiger partial charge in [0.05, 0.1) is 11.4 Å². The van der Waals surface area contributed by atoms with E-state index in [1.807, 2.05) is 24.5 Å². The van der Waals surface area contributed by atoms with E-state index in [4.69, 9.17) is 9.97 Å². The van der Waals surface area contributed by atoms with Gasteiger partial charge in [0.15, 0.2) is 0 Å². The minimum absolute atomic E-state index is 0.880. The Labute approximate surface area is 279 Å². The molecule has 4 heteroatoms. The van der Waals surface area contributed by atoms with Crippen LogP contribution in [-0.4, -0.2) is 9.97 Å². The van der Waals surface area contributed by atoms with Gasteiger partial charge in [-0.25, -0.2) is 9.97 Å². The van der Waals surface area contributed by atoms with E-state index >= 15 is 0 Å². The van der Waals surface area contributed by atoms with E-state index in [9.17, 15) is 0 Å². The summed E-state index contributed by atoms with van der Waals surface area (Å²) in [6, 6.07) is 51.5. The molecule has 0 aliphatic heterocycles. The molecule has 0 fully saturated rings. The van der Waals surface area contributed by atoms with Gasteiger partial charge in [0, 0.05) is 45.3 Å². The highest BCUT2D eigenvalue weighted by atomic mass is 15.2. The molecule has 0 amide bonds. The lowest BCUT2D eigenvalue weighted by molar-refractivity contribution is 1.18. The van der Waals surface area contributed by atoms with Crippen molar-refractivity contribution in [2.45, 2.75) is 13.8 Å². The fraction of sp³-hybridized carbons (Fsp3) is 0.0455. The molecule has 0 atom stereocenters. The molecule has 0 radical (unpaired) electrons. The summed E-state index contributed by atoms with van der Waals surface area (Å²) in [5.74, 6) is 1.76.